The number of benzene rings is 1. The molecule has 0 spiro atoms. The largest absolute Gasteiger partial charge is 0.465 e. The SMILES string of the molecule is CCOC(=O)C1(c2ccc(Cl)cc2)CC1. The molecule has 0 radical (unpaired) electrons. The van der Waals surface area contributed by atoms with E-state index in [0.717, 1.165) is 18.4 Å². The molecule has 0 amide bonds. The van der Waals surface area contributed by atoms with E-state index in [4.69, 9.17) is 16.3 Å². The zero-order valence-electron chi connectivity index (χ0n) is 8.63. The van der Waals surface area contributed by atoms with Gasteiger partial charge in [0.1, 0.15) is 0 Å². The van der Waals surface area contributed by atoms with E-state index in [1.807, 2.05) is 31.2 Å². The molecule has 1 aliphatic carbocycles. The monoisotopic (exact) mass is 224 g/mol. The van der Waals surface area contributed by atoms with Crippen molar-refractivity contribution in [3.05, 3.63) is 34.9 Å². The topological polar surface area (TPSA) is 26.3 Å². The van der Waals surface area contributed by atoms with Crippen LogP contribution in [0.3, 0.4) is 0 Å². The van der Waals surface area contributed by atoms with Crippen LogP contribution < -0.4 is 0 Å². The number of carbonyl (C=O) groups excluding carboxylic acids is 1. The fourth-order valence-electron chi connectivity index (χ4n) is 1.77. The Labute approximate surface area is 94.2 Å². The first-order chi connectivity index (χ1) is 7.19. The van der Waals surface area contributed by atoms with Crippen molar-refractivity contribution < 1.29 is 9.53 Å². The van der Waals surface area contributed by atoms with Crippen molar-refractivity contribution in [1.82, 2.24) is 0 Å². The predicted octanol–water partition coefficient (Wildman–Crippen LogP) is 2.93. The van der Waals surface area contributed by atoms with Crippen molar-refractivity contribution in [3.8, 4) is 0 Å². The minimum absolute atomic E-state index is 0.104. The molecule has 1 aromatic rings. The normalized spacial score (nSPS) is 17.2. The highest BCUT2D eigenvalue weighted by atomic mass is 35.5. The van der Waals surface area contributed by atoms with Gasteiger partial charge in [0.15, 0.2) is 0 Å². The van der Waals surface area contributed by atoms with Crippen LogP contribution in [0.4, 0.5) is 0 Å². The van der Waals surface area contributed by atoms with Crippen LogP contribution in [0.25, 0.3) is 0 Å². The molecule has 2 rings (SSSR count). The first kappa shape index (κ1) is 10.5. The van der Waals surface area contributed by atoms with E-state index in [1.165, 1.54) is 0 Å². The first-order valence-corrected chi connectivity index (χ1v) is 5.50. The smallest absolute Gasteiger partial charge is 0.316 e. The van der Waals surface area contributed by atoms with Gasteiger partial charge in [-0.1, -0.05) is 23.7 Å². The molecule has 0 N–H and O–H groups in total. The molecule has 1 aromatic carbocycles. The maximum absolute atomic E-state index is 11.8. The molecule has 80 valence electrons. The van der Waals surface area contributed by atoms with Gasteiger partial charge in [0, 0.05) is 5.02 Å². The van der Waals surface area contributed by atoms with E-state index in [-0.39, 0.29) is 11.4 Å². The Balaban J connectivity index is 2.22. The van der Waals surface area contributed by atoms with Crippen LogP contribution in [-0.4, -0.2) is 12.6 Å². The lowest BCUT2D eigenvalue weighted by molar-refractivity contribution is -0.146. The Morgan fingerprint density at radius 2 is 2.00 bits per heavy atom. The molecule has 0 saturated heterocycles. The molecular weight excluding hydrogens is 212 g/mol. The van der Waals surface area contributed by atoms with Gasteiger partial charge >= 0.3 is 5.97 Å². The number of ether oxygens (including phenoxy) is 1. The molecule has 2 nitrogen and oxygen atoms in total. The van der Waals surface area contributed by atoms with E-state index in [1.54, 1.807) is 0 Å². The van der Waals surface area contributed by atoms with Crippen molar-refractivity contribution in [2.45, 2.75) is 25.2 Å². The van der Waals surface area contributed by atoms with Crippen molar-refractivity contribution in [3.63, 3.8) is 0 Å². The van der Waals surface area contributed by atoms with E-state index in [0.29, 0.717) is 11.6 Å². The summed E-state index contributed by atoms with van der Waals surface area (Å²) in [5.74, 6) is -0.104. The van der Waals surface area contributed by atoms with Gasteiger partial charge in [0.2, 0.25) is 0 Å². The van der Waals surface area contributed by atoms with Gasteiger partial charge in [-0.2, -0.15) is 0 Å². The Morgan fingerprint density at radius 1 is 1.40 bits per heavy atom. The summed E-state index contributed by atoms with van der Waals surface area (Å²) in [7, 11) is 0. The number of rotatable bonds is 3. The lowest BCUT2D eigenvalue weighted by Crippen LogP contribution is -2.23. The number of halogens is 1. The van der Waals surface area contributed by atoms with Gasteiger partial charge < -0.3 is 4.74 Å². The van der Waals surface area contributed by atoms with Gasteiger partial charge in [-0.25, -0.2) is 0 Å². The highest BCUT2D eigenvalue weighted by Gasteiger charge is 2.52. The molecule has 1 fully saturated rings. The summed E-state index contributed by atoms with van der Waals surface area (Å²) in [6.45, 7) is 2.27. The minimum atomic E-state index is -0.374. The average Bonchev–Trinajstić information content (AvgIpc) is 3.00. The molecule has 0 atom stereocenters. The summed E-state index contributed by atoms with van der Waals surface area (Å²) in [6.07, 6.45) is 1.76. The predicted molar refractivity (Wildman–Crippen MR) is 59.0 cm³/mol. The fraction of sp³-hybridized carbons (Fsp3) is 0.417. The molecular formula is C12H13ClO2. The fourth-order valence-corrected chi connectivity index (χ4v) is 1.90. The van der Waals surface area contributed by atoms with Crippen molar-refractivity contribution in [2.24, 2.45) is 0 Å². The molecule has 1 aliphatic rings. The number of esters is 1. The van der Waals surface area contributed by atoms with Crippen LogP contribution in [0.2, 0.25) is 5.02 Å². The van der Waals surface area contributed by atoms with Crippen LogP contribution >= 0.6 is 11.6 Å². The quantitative estimate of drug-likeness (QED) is 0.738. The standard InChI is InChI=1S/C12H13ClO2/c1-2-15-11(14)12(7-8-12)9-3-5-10(13)6-4-9/h3-6H,2,7-8H2,1H3. The van der Waals surface area contributed by atoms with Gasteiger partial charge in [-0.05, 0) is 37.5 Å². The van der Waals surface area contributed by atoms with Crippen molar-refractivity contribution in [2.75, 3.05) is 6.61 Å². The van der Waals surface area contributed by atoms with Crippen LogP contribution in [0.15, 0.2) is 24.3 Å². The summed E-state index contributed by atoms with van der Waals surface area (Å²) < 4.78 is 5.08. The highest BCUT2D eigenvalue weighted by Crippen LogP contribution is 2.49. The Morgan fingerprint density at radius 3 is 2.47 bits per heavy atom. The summed E-state index contributed by atoms with van der Waals surface area (Å²) in [6, 6.07) is 7.45. The molecule has 0 bridgehead atoms. The second kappa shape index (κ2) is 3.86. The zero-order chi connectivity index (χ0) is 10.9. The third-order valence-corrected chi connectivity index (χ3v) is 3.06. The second-order valence-corrected chi connectivity index (χ2v) is 4.25. The summed E-state index contributed by atoms with van der Waals surface area (Å²) in [5.41, 5.74) is 0.644. The van der Waals surface area contributed by atoms with E-state index in [9.17, 15) is 4.79 Å². The van der Waals surface area contributed by atoms with Gasteiger partial charge in [0.25, 0.3) is 0 Å². The molecule has 0 aromatic heterocycles. The van der Waals surface area contributed by atoms with Crippen LogP contribution in [-0.2, 0) is 14.9 Å². The zero-order valence-corrected chi connectivity index (χ0v) is 9.38. The van der Waals surface area contributed by atoms with E-state index in [2.05, 4.69) is 0 Å². The second-order valence-electron chi connectivity index (χ2n) is 3.81. The van der Waals surface area contributed by atoms with Gasteiger partial charge in [0.05, 0.1) is 12.0 Å². The first-order valence-electron chi connectivity index (χ1n) is 5.12. The number of hydrogen-bond donors (Lipinski definition) is 0. The van der Waals surface area contributed by atoms with Gasteiger partial charge in [-0.3, -0.25) is 4.79 Å². The lowest BCUT2D eigenvalue weighted by Gasteiger charge is -2.13. The minimum Gasteiger partial charge on any atom is -0.465 e. The Hall–Kier alpha value is -1.02. The molecule has 0 heterocycles. The van der Waals surface area contributed by atoms with Crippen LogP contribution in [0, 0.1) is 0 Å². The number of hydrogen-bond acceptors (Lipinski definition) is 2. The highest BCUT2D eigenvalue weighted by molar-refractivity contribution is 6.30. The third-order valence-electron chi connectivity index (χ3n) is 2.81. The van der Waals surface area contributed by atoms with Crippen molar-refractivity contribution >= 4 is 17.6 Å². The Kier molecular flexibility index (Phi) is 2.70. The average molecular weight is 225 g/mol. The molecule has 1 saturated carbocycles. The number of carbonyl (C=O) groups is 1. The molecule has 3 heteroatoms. The summed E-state index contributed by atoms with van der Waals surface area (Å²) >= 11 is 5.81. The maximum atomic E-state index is 11.8. The van der Waals surface area contributed by atoms with E-state index >= 15 is 0 Å². The van der Waals surface area contributed by atoms with Crippen molar-refractivity contribution in [1.29, 1.82) is 0 Å². The van der Waals surface area contributed by atoms with Gasteiger partial charge in [-0.15, -0.1) is 0 Å². The van der Waals surface area contributed by atoms with Crippen LogP contribution in [0.5, 0.6) is 0 Å². The van der Waals surface area contributed by atoms with E-state index < -0.39 is 0 Å². The third kappa shape index (κ3) is 1.86. The lowest BCUT2D eigenvalue weighted by atomic mass is 9.96. The molecule has 0 unspecified atom stereocenters. The van der Waals surface area contributed by atoms with Crippen LogP contribution in [0.1, 0.15) is 25.3 Å². The summed E-state index contributed by atoms with van der Waals surface area (Å²) in [4.78, 5) is 11.8. The summed E-state index contributed by atoms with van der Waals surface area (Å²) in [5, 5.41) is 0.693. The Bertz CT molecular complexity index is 366. The maximum Gasteiger partial charge on any atom is 0.316 e. The molecule has 0 aliphatic heterocycles. The molecule has 15 heavy (non-hydrogen) atoms.